The molecule has 3 N–H and O–H groups in total. The largest absolute Gasteiger partial charge is 0.368 e. The molecule has 0 aliphatic heterocycles. The van der Waals surface area contributed by atoms with Gasteiger partial charge in [-0.15, -0.1) is 0 Å². The van der Waals surface area contributed by atoms with E-state index in [1.807, 2.05) is 0 Å². The third-order valence-corrected chi connectivity index (χ3v) is 2.37. The van der Waals surface area contributed by atoms with Crippen LogP contribution in [0.5, 0.6) is 0 Å². The predicted molar refractivity (Wildman–Crippen MR) is 59.4 cm³/mol. The Hall–Kier alpha value is -1.03. The highest BCUT2D eigenvalue weighted by molar-refractivity contribution is 6.32. The number of nitrogens with zero attached hydrogens (tertiary/aromatic N) is 2. The maximum atomic E-state index is 5.91. The van der Waals surface area contributed by atoms with Gasteiger partial charge in [-0.3, -0.25) is 0 Å². The second-order valence-electron chi connectivity index (χ2n) is 3.08. The summed E-state index contributed by atoms with van der Waals surface area (Å²) >= 11 is 5.91. The summed E-state index contributed by atoms with van der Waals surface area (Å²) in [5.74, 6) is 0.857. The molecule has 0 aliphatic rings. The quantitative estimate of drug-likeness (QED) is 0.808. The van der Waals surface area contributed by atoms with Crippen molar-refractivity contribution in [2.45, 2.75) is 32.7 Å². The molecule has 14 heavy (non-hydrogen) atoms. The Bertz CT molecular complexity index is 299. The van der Waals surface area contributed by atoms with Crippen molar-refractivity contribution in [3.8, 4) is 0 Å². The van der Waals surface area contributed by atoms with Gasteiger partial charge in [0.25, 0.3) is 0 Å². The average Bonchev–Trinajstić information content (AvgIpc) is 2.19. The van der Waals surface area contributed by atoms with Crippen molar-refractivity contribution >= 4 is 23.4 Å². The molecule has 4 nitrogen and oxygen atoms in total. The van der Waals surface area contributed by atoms with E-state index in [1.165, 1.54) is 6.20 Å². The summed E-state index contributed by atoms with van der Waals surface area (Å²) in [7, 11) is 0. The fourth-order valence-corrected chi connectivity index (χ4v) is 1.31. The number of halogens is 1. The molecule has 1 aromatic rings. The third-order valence-electron chi connectivity index (χ3n) is 2.09. The van der Waals surface area contributed by atoms with Gasteiger partial charge in [0.1, 0.15) is 5.02 Å². The van der Waals surface area contributed by atoms with Crippen LogP contribution in [0.1, 0.15) is 26.7 Å². The number of aromatic nitrogens is 2. The molecule has 0 atom stereocenters. The monoisotopic (exact) mass is 214 g/mol. The van der Waals surface area contributed by atoms with Crippen LogP contribution >= 0.6 is 11.6 Å². The van der Waals surface area contributed by atoms with E-state index >= 15 is 0 Å². The van der Waals surface area contributed by atoms with Gasteiger partial charge in [0.15, 0.2) is 5.82 Å². The molecular formula is C9H15ClN4. The minimum atomic E-state index is 0.239. The van der Waals surface area contributed by atoms with Crippen LogP contribution in [0.25, 0.3) is 0 Å². The first-order valence-corrected chi connectivity index (χ1v) is 5.09. The lowest BCUT2D eigenvalue weighted by Gasteiger charge is -2.16. The molecule has 1 heterocycles. The van der Waals surface area contributed by atoms with E-state index in [0.717, 1.165) is 12.8 Å². The van der Waals surface area contributed by atoms with Crippen LogP contribution < -0.4 is 11.1 Å². The molecule has 0 bridgehead atoms. The van der Waals surface area contributed by atoms with E-state index in [9.17, 15) is 0 Å². The molecule has 0 aliphatic carbocycles. The Kier molecular flexibility index (Phi) is 3.95. The van der Waals surface area contributed by atoms with Gasteiger partial charge in [-0.05, 0) is 12.8 Å². The van der Waals surface area contributed by atoms with E-state index in [0.29, 0.717) is 16.9 Å². The summed E-state index contributed by atoms with van der Waals surface area (Å²) in [6.45, 7) is 4.22. The third kappa shape index (κ3) is 2.73. The molecule has 0 saturated heterocycles. The maximum absolute atomic E-state index is 5.91. The van der Waals surface area contributed by atoms with Gasteiger partial charge < -0.3 is 11.1 Å². The van der Waals surface area contributed by atoms with Crippen molar-refractivity contribution in [1.82, 2.24) is 9.97 Å². The lowest BCUT2D eigenvalue weighted by Crippen LogP contribution is -2.18. The van der Waals surface area contributed by atoms with Crippen molar-refractivity contribution < 1.29 is 0 Å². The first-order chi connectivity index (χ1) is 6.67. The molecular weight excluding hydrogens is 200 g/mol. The number of nitrogen functional groups attached to an aromatic ring is 1. The highest BCUT2D eigenvalue weighted by atomic mass is 35.5. The minimum Gasteiger partial charge on any atom is -0.368 e. The van der Waals surface area contributed by atoms with Crippen LogP contribution in [0, 0.1) is 0 Å². The van der Waals surface area contributed by atoms with Gasteiger partial charge in [-0.2, -0.15) is 4.98 Å². The molecule has 0 fully saturated rings. The Morgan fingerprint density at radius 1 is 1.50 bits per heavy atom. The average molecular weight is 215 g/mol. The first kappa shape index (κ1) is 11.0. The van der Waals surface area contributed by atoms with Crippen LogP contribution in [0.4, 0.5) is 11.8 Å². The Morgan fingerprint density at radius 2 is 2.14 bits per heavy atom. The predicted octanol–water partition coefficient (Wildman–Crippen LogP) is 2.31. The summed E-state index contributed by atoms with van der Waals surface area (Å²) in [6, 6.07) is 0.377. The van der Waals surface area contributed by atoms with E-state index in [1.54, 1.807) is 0 Å². The van der Waals surface area contributed by atoms with E-state index < -0.39 is 0 Å². The van der Waals surface area contributed by atoms with Crippen LogP contribution in [0.3, 0.4) is 0 Å². The van der Waals surface area contributed by atoms with Crippen molar-refractivity contribution in [3.05, 3.63) is 11.2 Å². The molecule has 1 aromatic heterocycles. The fraction of sp³-hybridized carbons (Fsp3) is 0.556. The zero-order valence-corrected chi connectivity index (χ0v) is 9.17. The van der Waals surface area contributed by atoms with Crippen LogP contribution in [0.15, 0.2) is 6.20 Å². The van der Waals surface area contributed by atoms with E-state index in [4.69, 9.17) is 17.3 Å². The lowest BCUT2D eigenvalue weighted by atomic mass is 10.2. The first-order valence-electron chi connectivity index (χ1n) is 4.71. The van der Waals surface area contributed by atoms with Crippen LogP contribution in [-0.4, -0.2) is 16.0 Å². The molecule has 0 unspecified atom stereocenters. The van der Waals surface area contributed by atoms with Crippen molar-refractivity contribution in [2.24, 2.45) is 0 Å². The second-order valence-corrected chi connectivity index (χ2v) is 3.49. The van der Waals surface area contributed by atoms with Crippen molar-refractivity contribution in [3.63, 3.8) is 0 Å². The van der Waals surface area contributed by atoms with Crippen molar-refractivity contribution in [1.29, 1.82) is 0 Å². The maximum Gasteiger partial charge on any atom is 0.222 e. The zero-order valence-electron chi connectivity index (χ0n) is 8.42. The number of anilines is 2. The van der Waals surface area contributed by atoms with Gasteiger partial charge in [-0.1, -0.05) is 25.4 Å². The summed E-state index contributed by atoms with van der Waals surface area (Å²) in [5.41, 5.74) is 5.47. The fourth-order valence-electron chi connectivity index (χ4n) is 1.17. The molecule has 0 amide bonds. The van der Waals surface area contributed by atoms with E-state index in [-0.39, 0.29) is 5.95 Å². The van der Waals surface area contributed by atoms with Gasteiger partial charge >= 0.3 is 0 Å². The number of nitrogens with one attached hydrogen (secondary N) is 1. The van der Waals surface area contributed by atoms with Crippen LogP contribution in [-0.2, 0) is 0 Å². The highest BCUT2D eigenvalue weighted by Crippen LogP contribution is 2.20. The summed E-state index contributed by atoms with van der Waals surface area (Å²) in [4.78, 5) is 7.83. The molecule has 78 valence electrons. The topological polar surface area (TPSA) is 63.8 Å². The number of nitrogens with two attached hydrogens (primary N) is 1. The zero-order chi connectivity index (χ0) is 10.6. The minimum absolute atomic E-state index is 0.239. The highest BCUT2D eigenvalue weighted by Gasteiger charge is 2.08. The molecule has 0 spiro atoms. The standard InChI is InChI=1S/C9H15ClN4/c1-3-6(4-2)13-8-7(10)5-12-9(11)14-8/h5-6H,3-4H2,1-2H3,(H3,11,12,13,14). The summed E-state index contributed by atoms with van der Waals surface area (Å²) in [5, 5.41) is 3.73. The molecule has 0 aromatic carbocycles. The SMILES string of the molecule is CCC(CC)Nc1nc(N)ncc1Cl. The number of hydrogen-bond donors (Lipinski definition) is 2. The number of rotatable bonds is 4. The van der Waals surface area contributed by atoms with Gasteiger partial charge in [0.05, 0.1) is 6.20 Å². The van der Waals surface area contributed by atoms with Crippen LogP contribution in [0.2, 0.25) is 5.02 Å². The van der Waals surface area contributed by atoms with E-state index in [2.05, 4.69) is 29.1 Å². The Morgan fingerprint density at radius 3 is 2.71 bits per heavy atom. The second kappa shape index (κ2) is 5.00. The lowest BCUT2D eigenvalue weighted by molar-refractivity contribution is 0.668. The molecule has 0 saturated carbocycles. The van der Waals surface area contributed by atoms with Gasteiger partial charge in [0.2, 0.25) is 5.95 Å². The number of hydrogen-bond acceptors (Lipinski definition) is 4. The molecule has 1 rings (SSSR count). The molecule has 5 heteroatoms. The Labute approximate surface area is 88.9 Å². The van der Waals surface area contributed by atoms with Crippen molar-refractivity contribution in [2.75, 3.05) is 11.1 Å². The summed E-state index contributed by atoms with van der Waals surface area (Å²) in [6.07, 6.45) is 3.56. The Balaban J connectivity index is 2.79. The summed E-state index contributed by atoms with van der Waals surface area (Å²) < 4.78 is 0. The normalized spacial score (nSPS) is 10.6. The molecule has 0 radical (unpaired) electrons. The van der Waals surface area contributed by atoms with Gasteiger partial charge in [-0.25, -0.2) is 4.98 Å². The smallest absolute Gasteiger partial charge is 0.222 e. The van der Waals surface area contributed by atoms with Gasteiger partial charge in [0, 0.05) is 6.04 Å².